The van der Waals surface area contributed by atoms with E-state index in [1.54, 1.807) is 24.3 Å². The van der Waals surface area contributed by atoms with Crippen molar-refractivity contribution in [2.45, 2.75) is 88.8 Å². The summed E-state index contributed by atoms with van der Waals surface area (Å²) in [6, 6.07) is 1.60. The van der Waals surface area contributed by atoms with Gasteiger partial charge in [0.05, 0.1) is 0 Å². The fraction of sp³-hybridized carbons (Fsp3) is 0.516. The largest absolute Gasteiger partial charge is 0.481 e. The minimum absolute atomic E-state index is 0.0564. The summed E-state index contributed by atoms with van der Waals surface area (Å²) in [4.78, 5) is 92.7. The van der Waals surface area contributed by atoms with Crippen molar-refractivity contribution >= 4 is 71.0 Å². The molecule has 1 rings (SSSR count). The number of nitrogens with one attached hydrogen (secondary N) is 6. The smallest absolute Gasteiger partial charge is 0.326 e. The van der Waals surface area contributed by atoms with Gasteiger partial charge in [-0.2, -0.15) is 0 Å². The highest BCUT2D eigenvalue weighted by atomic mass is 32.1. The maximum atomic E-state index is 12.7. The van der Waals surface area contributed by atoms with Gasteiger partial charge in [0.1, 0.15) is 24.4 Å². The molecular weight excluding hydrogens is 680 g/mol. The van der Waals surface area contributed by atoms with E-state index in [1.165, 1.54) is 0 Å². The molecule has 0 aliphatic rings. The predicted octanol–water partition coefficient (Wildman–Crippen LogP) is 1.05. The molecule has 276 valence electrons. The number of hydrogen-bond donors (Lipinski definition) is 10. The van der Waals surface area contributed by atoms with Gasteiger partial charge in [-0.1, -0.05) is 6.42 Å². The molecule has 1 aromatic rings. The number of rotatable bonds is 25. The van der Waals surface area contributed by atoms with Gasteiger partial charge in [0.25, 0.3) is 0 Å². The van der Waals surface area contributed by atoms with E-state index in [1.807, 2.05) is 5.32 Å². The molecule has 50 heavy (non-hydrogen) atoms. The number of carboxylic acid groups (broad SMARTS) is 4. The molecule has 0 saturated heterocycles. The third kappa shape index (κ3) is 19.5. The van der Waals surface area contributed by atoms with Crippen LogP contribution in [0, 0.1) is 0 Å². The van der Waals surface area contributed by atoms with Gasteiger partial charge in [-0.15, -0.1) is 0 Å². The second kappa shape index (κ2) is 23.9. The highest BCUT2D eigenvalue weighted by Crippen LogP contribution is 2.09. The Morgan fingerprint density at radius 3 is 1.74 bits per heavy atom. The van der Waals surface area contributed by atoms with Crippen molar-refractivity contribution in [1.82, 2.24) is 26.6 Å². The van der Waals surface area contributed by atoms with Gasteiger partial charge < -0.3 is 52.3 Å². The minimum Gasteiger partial charge on any atom is -0.481 e. The van der Waals surface area contributed by atoms with Crippen LogP contribution in [0.5, 0.6) is 0 Å². The lowest BCUT2D eigenvalue weighted by Crippen LogP contribution is -2.51. The second-order valence-corrected chi connectivity index (χ2v) is 11.5. The molecule has 1 unspecified atom stereocenters. The molecule has 1 aromatic carbocycles. The summed E-state index contributed by atoms with van der Waals surface area (Å²) in [5.74, 6) is -6.34. The third-order valence-corrected chi connectivity index (χ3v) is 7.29. The molecule has 3 atom stereocenters. The monoisotopic (exact) mass is 724 g/mol. The first kappa shape index (κ1) is 42.7. The Hall–Kier alpha value is -5.33. The van der Waals surface area contributed by atoms with E-state index in [2.05, 4.69) is 26.6 Å². The van der Waals surface area contributed by atoms with E-state index in [4.69, 9.17) is 27.5 Å². The molecule has 18 nitrogen and oxygen atoms in total. The highest BCUT2D eigenvalue weighted by molar-refractivity contribution is 7.80. The Bertz CT molecular complexity index is 1340. The van der Waals surface area contributed by atoms with Crippen molar-refractivity contribution in [2.24, 2.45) is 0 Å². The van der Waals surface area contributed by atoms with Crippen molar-refractivity contribution in [2.75, 3.05) is 18.4 Å². The number of urea groups is 1. The summed E-state index contributed by atoms with van der Waals surface area (Å²) < 4.78 is 0. The first-order valence-electron chi connectivity index (χ1n) is 15.8. The molecule has 0 saturated carbocycles. The zero-order chi connectivity index (χ0) is 37.5. The number of carbonyl (C=O) groups excluding carboxylic acids is 4. The van der Waals surface area contributed by atoms with E-state index < -0.39 is 72.7 Å². The third-order valence-electron chi connectivity index (χ3n) is 7.04. The van der Waals surface area contributed by atoms with Crippen LogP contribution in [-0.2, 0) is 28.8 Å². The fourth-order valence-electron chi connectivity index (χ4n) is 4.36. The van der Waals surface area contributed by atoms with Gasteiger partial charge in [-0.3, -0.25) is 24.0 Å². The van der Waals surface area contributed by atoms with Crippen LogP contribution < -0.4 is 31.9 Å². The maximum absolute atomic E-state index is 12.7. The van der Waals surface area contributed by atoms with Crippen LogP contribution in [-0.4, -0.2) is 105 Å². The van der Waals surface area contributed by atoms with Crippen LogP contribution in [0.4, 0.5) is 10.5 Å². The van der Waals surface area contributed by atoms with E-state index in [0.29, 0.717) is 36.5 Å². The number of hydrogen-bond acceptors (Lipinski definition) is 9. The zero-order valence-corrected chi connectivity index (χ0v) is 28.1. The summed E-state index contributed by atoms with van der Waals surface area (Å²) in [6.07, 6.45) is 1.64. The van der Waals surface area contributed by atoms with Crippen LogP contribution in [0.2, 0.25) is 0 Å². The number of anilines is 1. The number of aliphatic carboxylic acids is 4. The van der Waals surface area contributed by atoms with E-state index in [-0.39, 0.29) is 45.1 Å². The topological polar surface area (TPSA) is 290 Å². The Labute approximate surface area is 293 Å². The molecule has 0 aliphatic heterocycles. The fourth-order valence-corrected chi connectivity index (χ4v) is 4.58. The van der Waals surface area contributed by atoms with Gasteiger partial charge >= 0.3 is 29.9 Å². The van der Waals surface area contributed by atoms with Crippen LogP contribution in [0.15, 0.2) is 24.3 Å². The number of benzene rings is 1. The summed E-state index contributed by atoms with van der Waals surface area (Å²) in [6.45, 7) is 0.598. The molecule has 0 aliphatic carbocycles. The summed E-state index contributed by atoms with van der Waals surface area (Å²) in [5, 5.41) is 52.1. The quantitative estimate of drug-likeness (QED) is 0.0383. The first-order chi connectivity index (χ1) is 23.7. The zero-order valence-electron chi connectivity index (χ0n) is 27.3. The van der Waals surface area contributed by atoms with Gasteiger partial charge in [0.2, 0.25) is 11.8 Å². The van der Waals surface area contributed by atoms with Crippen LogP contribution in [0.3, 0.4) is 0 Å². The number of amides is 4. The molecule has 0 heterocycles. The van der Waals surface area contributed by atoms with E-state index in [9.17, 15) is 43.5 Å². The molecular formula is C31H44N6O12S. The first-order valence-corrected chi connectivity index (χ1v) is 16.3. The number of thiocarbonyl (C=S) groups is 1. The Morgan fingerprint density at radius 1 is 0.640 bits per heavy atom. The van der Waals surface area contributed by atoms with Gasteiger partial charge in [0.15, 0.2) is 5.11 Å². The Morgan fingerprint density at radius 2 is 1.18 bits per heavy atom. The van der Waals surface area contributed by atoms with Crippen LogP contribution >= 0.6 is 12.2 Å². The van der Waals surface area contributed by atoms with Crippen molar-refractivity contribution in [1.29, 1.82) is 0 Å². The van der Waals surface area contributed by atoms with Gasteiger partial charge in [-0.05, 0) is 81.4 Å². The van der Waals surface area contributed by atoms with Crippen LogP contribution in [0.25, 0.3) is 0 Å². The lowest BCUT2D eigenvalue weighted by atomic mass is 10.1. The second-order valence-electron chi connectivity index (χ2n) is 11.1. The SMILES string of the molecule is O=Cc1ccc(NC(=S)NCCCCCC(=O)N[C@@H](CCC(=O)O)C(=O)NCCCCC(NC(=O)N[C@@H](CCC(=O)O)C(=O)O)C(=O)O)cc1. The van der Waals surface area contributed by atoms with Crippen molar-refractivity contribution in [3.63, 3.8) is 0 Å². The summed E-state index contributed by atoms with van der Waals surface area (Å²) in [5.41, 5.74) is 1.26. The summed E-state index contributed by atoms with van der Waals surface area (Å²) in [7, 11) is 0. The molecule has 0 bridgehead atoms. The average Bonchev–Trinajstić information content (AvgIpc) is 3.05. The summed E-state index contributed by atoms with van der Waals surface area (Å²) >= 11 is 5.24. The predicted molar refractivity (Wildman–Crippen MR) is 182 cm³/mol. The van der Waals surface area contributed by atoms with Gasteiger partial charge in [0, 0.05) is 43.6 Å². The molecule has 0 fully saturated rings. The lowest BCUT2D eigenvalue weighted by Gasteiger charge is -2.19. The molecule has 19 heteroatoms. The van der Waals surface area contributed by atoms with E-state index >= 15 is 0 Å². The van der Waals surface area contributed by atoms with E-state index in [0.717, 1.165) is 12.0 Å². The molecule has 4 amide bonds. The number of aldehydes is 1. The number of unbranched alkanes of at least 4 members (excludes halogenated alkanes) is 3. The normalized spacial score (nSPS) is 12.2. The standard InChI is InChI=1S/C31H44N6O12S/c38-18-19-8-10-20(11-9-19)34-31(50)33-17-4-1-2-7-24(39)35-21(12-14-25(40)41)27(44)32-16-5-3-6-22(28(45)46)36-30(49)37-23(29(47)48)13-15-26(42)43/h8-11,18,21-23H,1-7,12-17H2,(H,32,44)(H,35,39)(H,40,41)(H,42,43)(H,45,46)(H,47,48)(H2,33,34,50)(H2,36,37,49)/t21-,22?,23-/m0/s1. The number of carbonyl (C=O) groups is 8. The molecule has 10 N–H and O–H groups in total. The van der Waals surface area contributed by atoms with Crippen molar-refractivity contribution < 1.29 is 58.8 Å². The maximum Gasteiger partial charge on any atom is 0.326 e. The molecule has 0 radical (unpaired) electrons. The van der Waals surface area contributed by atoms with Crippen LogP contribution in [0.1, 0.15) is 81.0 Å². The average molecular weight is 725 g/mol. The van der Waals surface area contributed by atoms with Gasteiger partial charge in [-0.25, -0.2) is 14.4 Å². The molecule has 0 aromatic heterocycles. The van der Waals surface area contributed by atoms with Crippen molar-refractivity contribution in [3.05, 3.63) is 29.8 Å². The number of carboxylic acids is 4. The Kier molecular flexibility index (Phi) is 20.4. The lowest BCUT2D eigenvalue weighted by molar-refractivity contribution is -0.141. The highest BCUT2D eigenvalue weighted by Gasteiger charge is 2.25. The molecule has 0 spiro atoms. The Balaban J connectivity index is 2.42. The van der Waals surface area contributed by atoms with Crippen molar-refractivity contribution in [3.8, 4) is 0 Å². The minimum atomic E-state index is -1.54.